The Hall–Kier alpha value is -0.900. The zero-order valence-electron chi connectivity index (χ0n) is 22.2. The molecule has 3 rings (SSSR count). The van der Waals surface area contributed by atoms with Crippen molar-refractivity contribution in [3.63, 3.8) is 0 Å². The highest BCUT2D eigenvalue weighted by Gasteiger charge is 2.64. The van der Waals surface area contributed by atoms with Crippen molar-refractivity contribution in [3.05, 3.63) is 35.5 Å². The zero-order chi connectivity index (χ0) is 24.6. The van der Waals surface area contributed by atoms with Gasteiger partial charge in [0.25, 0.3) is 0 Å². The van der Waals surface area contributed by atoms with Crippen LogP contribution < -0.4 is 0 Å². The molecule has 0 aromatic rings. The van der Waals surface area contributed by atoms with Gasteiger partial charge in [-0.2, -0.15) is 0 Å². The number of hydrogen-bond acceptors (Lipinski definition) is 3. The number of hydrogen-bond donors (Lipinski definition) is 3. The van der Waals surface area contributed by atoms with Gasteiger partial charge in [-0.15, -0.1) is 0 Å². The van der Waals surface area contributed by atoms with Gasteiger partial charge in [0.05, 0.1) is 6.10 Å². The minimum Gasteiger partial charge on any atom is -0.396 e. The second-order valence-corrected chi connectivity index (χ2v) is 12.6. The molecule has 3 aliphatic carbocycles. The monoisotopic (exact) mass is 458 g/mol. The van der Waals surface area contributed by atoms with Gasteiger partial charge in [0.15, 0.2) is 0 Å². The second kappa shape index (κ2) is 9.99. The van der Waals surface area contributed by atoms with Crippen LogP contribution in [0.5, 0.6) is 0 Å². The van der Waals surface area contributed by atoms with Crippen LogP contribution in [0.25, 0.3) is 0 Å². The number of fused-ring (bicyclic) bond motifs is 3. The average molecular weight is 459 g/mol. The topological polar surface area (TPSA) is 60.7 Å². The lowest BCUT2D eigenvalue weighted by atomic mass is 9.48. The Morgan fingerprint density at radius 3 is 2.36 bits per heavy atom. The lowest BCUT2D eigenvalue weighted by molar-refractivity contribution is -0.00647. The molecule has 0 aromatic carbocycles. The largest absolute Gasteiger partial charge is 0.396 e. The van der Waals surface area contributed by atoms with E-state index in [1.54, 1.807) is 0 Å². The Kier molecular flexibility index (Phi) is 8.09. The molecule has 0 amide bonds. The van der Waals surface area contributed by atoms with Gasteiger partial charge >= 0.3 is 0 Å². The fraction of sp³-hybridized carbons (Fsp3) is 0.800. The van der Waals surface area contributed by atoms with Crippen molar-refractivity contribution in [2.24, 2.45) is 39.9 Å². The van der Waals surface area contributed by atoms with Gasteiger partial charge < -0.3 is 15.3 Å². The van der Waals surface area contributed by atoms with E-state index in [1.165, 1.54) is 23.1 Å². The van der Waals surface area contributed by atoms with E-state index >= 15 is 0 Å². The minimum atomic E-state index is -0.382. The fourth-order valence-electron chi connectivity index (χ4n) is 8.14. The van der Waals surface area contributed by atoms with Gasteiger partial charge in [0.2, 0.25) is 0 Å². The molecule has 3 aliphatic rings. The van der Waals surface area contributed by atoms with Crippen molar-refractivity contribution in [2.75, 3.05) is 13.2 Å². The molecule has 0 aliphatic heterocycles. The molecule has 1 saturated carbocycles. The van der Waals surface area contributed by atoms with Crippen LogP contribution in [-0.4, -0.2) is 34.6 Å². The molecule has 3 heteroatoms. The van der Waals surface area contributed by atoms with E-state index in [1.807, 2.05) is 0 Å². The SMILES string of the molecule is C=C(C)[C@@H]1CC=C2C(=CC[C@]3(C)[C@@H]([C@H](CO)CCCC(C)C)[C@H](O)C[C@@]23C)[C@@]1(C)CCCO. The van der Waals surface area contributed by atoms with Crippen LogP contribution in [0.15, 0.2) is 35.5 Å². The molecule has 0 aromatic heterocycles. The zero-order valence-corrected chi connectivity index (χ0v) is 22.2. The molecular weight excluding hydrogens is 408 g/mol. The standard InChI is InChI=1S/C30H50O3/c1-20(2)10-8-11-22(19-32)27-26(33)18-30(7)25-13-12-23(21(3)4)28(5,15-9-17-31)24(25)14-16-29(27,30)6/h13-14,20,22-23,26-27,31-33H,3,8-12,15-19H2,1-2,4-7H3/t22-,23-,26+,27-,28-,29+,30-/m0/s1. The molecule has 3 N–H and O–H groups in total. The summed E-state index contributed by atoms with van der Waals surface area (Å²) < 4.78 is 0. The molecule has 188 valence electrons. The molecule has 0 spiro atoms. The lowest BCUT2D eigenvalue weighted by Gasteiger charge is -2.56. The first-order valence-electron chi connectivity index (χ1n) is 13.4. The minimum absolute atomic E-state index is 0.0281. The number of allylic oxidation sites excluding steroid dienone is 5. The van der Waals surface area contributed by atoms with Crippen molar-refractivity contribution in [3.8, 4) is 0 Å². The quantitative estimate of drug-likeness (QED) is 0.330. The van der Waals surface area contributed by atoms with E-state index < -0.39 is 0 Å². The van der Waals surface area contributed by atoms with Crippen molar-refractivity contribution in [1.29, 1.82) is 0 Å². The summed E-state index contributed by atoms with van der Waals surface area (Å²) in [6.45, 7) is 18.5. The third-order valence-corrected chi connectivity index (χ3v) is 10.1. The van der Waals surface area contributed by atoms with Crippen molar-refractivity contribution >= 4 is 0 Å². The molecule has 0 bridgehead atoms. The predicted octanol–water partition coefficient (Wildman–Crippen LogP) is 6.45. The van der Waals surface area contributed by atoms with Crippen LogP contribution in [0.3, 0.4) is 0 Å². The highest BCUT2D eigenvalue weighted by atomic mass is 16.3. The van der Waals surface area contributed by atoms with E-state index in [-0.39, 0.29) is 47.4 Å². The summed E-state index contributed by atoms with van der Waals surface area (Å²) in [7, 11) is 0. The maximum Gasteiger partial charge on any atom is 0.0586 e. The summed E-state index contributed by atoms with van der Waals surface area (Å²) in [6, 6.07) is 0. The Labute approximate surface area is 203 Å². The molecule has 0 radical (unpaired) electrons. The summed E-state index contributed by atoms with van der Waals surface area (Å²) in [5.41, 5.74) is 3.88. The number of aliphatic hydroxyl groups excluding tert-OH is 3. The Morgan fingerprint density at radius 1 is 1.09 bits per heavy atom. The van der Waals surface area contributed by atoms with Crippen LogP contribution in [-0.2, 0) is 0 Å². The van der Waals surface area contributed by atoms with Gasteiger partial charge in [0.1, 0.15) is 0 Å². The van der Waals surface area contributed by atoms with E-state index in [4.69, 9.17) is 0 Å². The first kappa shape index (κ1) is 26.7. The Balaban J connectivity index is 2.00. The van der Waals surface area contributed by atoms with E-state index in [0.29, 0.717) is 11.8 Å². The van der Waals surface area contributed by atoms with Crippen LogP contribution in [0, 0.1) is 39.9 Å². The third-order valence-electron chi connectivity index (χ3n) is 10.1. The van der Waals surface area contributed by atoms with Crippen LogP contribution in [0.1, 0.15) is 92.9 Å². The molecule has 7 atom stereocenters. The molecule has 0 heterocycles. The summed E-state index contributed by atoms with van der Waals surface area (Å²) >= 11 is 0. The van der Waals surface area contributed by atoms with Crippen molar-refractivity contribution in [1.82, 2.24) is 0 Å². The highest BCUT2D eigenvalue weighted by Crippen LogP contribution is 2.70. The maximum absolute atomic E-state index is 11.5. The van der Waals surface area contributed by atoms with E-state index in [9.17, 15) is 15.3 Å². The normalized spacial score (nSPS) is 39.0. The molecule has 0 unspecified atom stereocenters. The Morgan fingerprint density at radius 2 is 1.79 bits per heavy atom. The fourth-order valence-corrected chi connectivity index (χ4v) is 8.14. The van der Waals surface area contributed by atoms with Crippen LogP contribution in [0.4, 0.5) is 0 Å². The number of aliphatic hydroxyl groups is 3. The van der Waals surface area contributed by atoms with Gasteiger partial charge in [-0.25, -0.2) is 0 Å². The molecular formula is C30H50O3. The van der Waals surface area contributed by atoms with Crippen molar-refractivity contribution < 1.29 is 15.3 Å². The van der Waals surface area contributed by atoms with Gasteiger partial charge in [0, 0.05) is 18.6 Å². The summed E-state index contributed by atoms with van der Waals surface area (Å²) in [5, 5.41) is 31.5. The third kappa shape index (κ3) is 4.43. The van der Waals surface area contributed by atoms with E-state index in [2.05, 4.69) is 60.3 Å². The molecule has 3 nitrogen and oxygen atoms in total. The summed E-state index contributed by atoms with van der Waals surface area (Å²) in [4.78, 5) is 0. The van der Waals surface area contributed by atoms with Gasteiger partial charge in [-0.05, 0) is 91.1 Å². The van der Waals surface area contributed by atoms with E-state index in [0.717, 1.165) is 44.9 Å². The summed E-state index contributed by atoms with van der Waals surface area (Å²) in [6.07, 6.45) is 12.3. The lowest BCUT2D eigenvalue weighted by Crippen LogP contribution is -2.48. The number of rotatable bonds is 10. The maximum atomic E-state index is 11.5. The smallest absolute Gasteiger partial charge is 0.0586 e. The highest BCUT2D eigenvalue weighted by molar-refractivity contribution is 5.50. The molecule has 0 saturated heterocycles. The molecule has 33 heavy (non-hydrogen) atoms. The first-order valence-corrected chi connectivity index (χ1v) is 13.4. The average Bonchev–Trinajstić information content (AvgIpc) is 2.95. The van der Waals surface area contributed by atoms with Crippen LogP contribution >= 0.6 is 0 Å². The van der Waals surface area contributed by atoms with Crippen LogP contribution in [0.2, 0.25) is 0 Å². The summed E-state index contributed by atoms with van der Waals surface area (Å²) in [5.74, 6) is 1.31. The first-order chi connectivity index (χ1) is 15.5. The second-order valence-electron chi connectivity index (χ2n) is 12.6. The van der Waals surface area contributed by atoms with Gasteiger partial charge in [-0.3, -0.25) is 0 Å². The molecule has 1 fully saturated rings. The Bertz CT molecular complexity index is 779. The van der Waals surface area contributed by atoms with Crippen molar-refractivity contribution in [2.45, 2.75) is 99.0 Å². The predicted molar refractivity (Wildman–Crippen MR) is 138 cm³/mol. The van der Waals surface area contributed by atoms with Gasteiger partial charge in [-0.1, -0.05) is 71.8 Å².